The maximum absolute atomic E-state index is 14.1. The molecule has 2 saturated carbocycles. The second kappa shape index (κ2) is 8.15. The molecule has 8 nitrogen and oxygen atoms in total. The van der Waals surface area contributed by atoms with Crippen molar-refractivity contribution in [2.75, 3.05) is 32.9 Å². The quantitative estimate of drug-likeness (QED) is 0.579. The number of benzene rings is 1. The summed E-state index contributed by atoms with van der Waals surface area (Å²) in [7, 11) is -3.82. The van der Waals surface area contributed by atoms with Crippen molar-refractivity contribution in [3.8, 4) is 0 Å². The Hall–Kier alpha value is -1.23. The molecule has 34 heavy (non-hydrogen) atoms. The molecular formula is C24H32ClN3O5S. The van der Waals surface area contributed by atoms with Crippen LogP contribution in [-0.4, -0.2) is 85.2 Å². The average molecular weight is 510 g/mol. The van der Waals surface area contributed by atoms with Crippen LogP contribution in [0.5, 0.6) is 0 Å². The Morgan fingerprint density at radius 3 is 2.50 bits per heavy atom. The predicted molar refractivity (Wildman–Crippen MR) is 126 cm³/mol. The molecule has 2 N–H and O–H groups in total. The Balaban J connectivity index is 1.42. The summed E-state index contributed by atoms with van der Waals surface area (Å²) in [6, 6.07) is 5.90. The molecule has 0 aromatic heterocycles. The number of carbonyl (C=O) groups is 1. The van der Waals surface area contributed by atoms with E-state index in [2.05, 4.69) is 5.32 Å². The number of carbonyl (C=O) groups excluding carboxylic acids is 1. The van der Waals surface area contributed by atoms with E-state index in [1.807, 2.05) is 0 Å². The van der Waals surface area contributed by atoms with Crippen LogP contribution in [0.2, 0.25) is 5.02 Å². The molecule has 186 valence electrons. The van der Waals surface area contributed by atoms with Gasteiger partial charge in [-0.05, 0) is 68.7 Å². The van der Waals surface area contributed by atoms with E-state index in [1.54, 1.807) is 33.5 Å². The maximum Gasteiger partial charge on any atom is 0.243 e. The first-order valence-corrected chi connectivity index (χ1v) is 14.2. The first-order chi connectivity index (χ1) is 16.3. The topological polar surface area (TPSA) is 99.2 Å². The SMILES string of the molecule is O=C1N(CCO)CC2CCC1(C1(C3COCC(C4CC4)N3S(=O)(=O)c3ccc(Cl)cc3)CC1)N2. The maximum atomic E-state index is 14.1. The van der Waals surface area contributed by atoms with Crippen LogP contribution in [0.1, 0.15) is 38.5 Å². The Morgan fingerprint density at radius 1 is 1.12 bits per heavy atom. The van der Waals surface area contributed by atoms with Crippen molar-refractivity contribution in [3.63, 3.8) is 0 Å². The van der Waals surface area contributed by atoms with E-state index in [-0.39, 0.29) is 42.0 Å². The molecular weight excluding hydrogens is 478 g/mol. The fraction of sp³-hybridized carbons (Fsp3) is 0.708. The number of aliphatic hydroxyl groups excluding tert-OH is 1. The van der Waals surface area contributed by atoms with Crippen molar-refractivity contribution in [2.45, 2.75) is 67.1 Å². The van der Waals surface area contributed by atoms with Gasteiger partial charge < -0.3 is 14.7 Å². The number of β-amino-alcohol motifs (C(OH)–C–C–N with tert-alkyl or cyclic N) is 1. The molecule has 2 aliphatic carbocycles. The fourth-order valence-corrected chi connectivity index (χ4v) is 8.92. The van der Waals surface area contributed by atoms with Crippen LogP contribution in [0.4, 0.5) is 0 Å². The summed E-state index contributed by atoms with van der Waals surface area (Å²) in [5, 5.41) is 13.7. The molecule has 2 bridgehead atoms. The molecule has 4 unspecified atom stereocenters. The standard InChI is InChI=1S/C24H32ClN3O5S/c25-17-3-5-19(6-4-17)34(31,32)28-20(16-1-2-16)14-33-15-21(28)23(9-10-23)24-8-7-18(26-24)13-27(11-12-29)22(24)30/h3-6,16,18,20-21,26,29H,1-2,7-15H2. The minimum atomic E-state index is -3.82. The summed E-state index contributed by atoms with van der Waals surface area (Å²) in [6.45, 7) is 1.51. The second-order valence-corrected chi connectivity index (χ2v) is 12.9. The molecule has 3 heterocycles. The lowest BCUT2D eigenvalue weighted by Crippen LogP contribution is -2.72. The van der Waals surface area contributed by atoms with E-state index in [4.69, 9.17) is 16.3 Å². The first-order valence-electron chi connectivity index (χ1n) is 12.4. The first kappa shape index (κ1) is 23.2. The molecule has 6 rings (SSSR count). The number of hydrogen-bond acceptors (Lipinski definition) is 6. The van der Waals surface area contributed by atoms with E-state index in [0.717, 1.165) is 32.1 Å². The Kier molecular flexibility index (Phi) is 5.55. The molecule has 0 spiro atoms. The number of likely N-dealkylation sites (tertiary alicyclic amines) is 1. The van der Waals surface area contributed by atoms with Crippen LogP contribution in [0.25, 0.3) is 0 Å². The minimum absolute atomic E-state index is 0.00480. The summed E-state index contributed by atoms with van der Waals surface area (Å²) in [4.78, 5) is 15.9. The zero-order valence-corrected chi connectivity index (χ0v) is 20.7. The molecule has 5 aliphatic rings. The van der Waals surface area contributed by atoms with Gasteiger partial charge in [0.2, 0.25) is 15.9 Å². The lowest BCUT2D eigenvalue weighted by Gasteiger charge is -2.52. The summed E-state index contributed by atoms with van der Waals surface area (Å²) in [5.74, 6) is 0.292. The lowest BCUT2D eigenvalue weighted by atomic mass is 9.72. The minimum Gasteiger partial charge on any atom is -0.395 e. The molecule has 1 aromatic rings. The third-order valence-corrected chi connectivity index (χ3v) is 11.0. The van der Waals surface area contributed by atoms with Gasteiger partial charge >= 0.3 is 0 Å². The summed E-state index contributed by atoms with van der Waals surface area (Å²) in [5.41, 5.74) is -1.32. The smallest absolute Gasteiger partial charge is 0.243 e. The van der Waals surface area contributed by atoms with Gasteiger partial charge in [-0.1, -0.05) is 11.6 Å². The molecule has 5 fully saturated rings. The zero-order valence-electron chi connectivity index (χ0n) is 19.2. The van der Waals surface area contributed by atoms with Gasteiger partial charge in [-0.3, -0.25) is 10.1 Å². The number of piperazine rings is 1. The number of halogens is 1. The largest absolute Gasteiger partial charge is 0.395 e. The predicted octanol–water partition coefficient (Wildman–Crippen LogP) is 1.61. The number of nitrogens with one attached hydrogen (secondary N) is 1. The molecule has 10 heteroatoms. The Labute approximate surface area is 205 Å². The monoisotopic (exact) mass is 509 g/mol. The van der Waals surface area contributed by atoms with Gasteiger partial charge in [-0.15, -0.1) is 0 Å². The lowest BCUT2D eigenvalue weighted by molar-refractivity contribution is -0.149. The van der Waals surface area contributed by atoms with Gasteiger partial charge in [0, 0.05) is 29.6 Å². The van der Waals surface area contributed by atoms with Crippen LogP contribution >= 0.6 is 11.6 Å². The van der Waals surface area contributed by atoms with Gasteiger partial charge in [0.25, 0.3) is 0 Å². The van der Waals surface area contributed by atoms with Crippen LogP contribution in [0.3, 0.4) is 0 Å². The third-order valence-electron chi connectivity index (χ3n) is 8.81. The molecule has 1 aromatic carbocycles. The highest BCUT2D eigenvalue weighted by Crippen LogP contribution is 2.64. The molecule has 1 amide bonds. The van der Waals surface area contributed by atoms with Gasteiger partial charge in [0.15, 0.2) is 0 Å². The summed E-state index contributed by atoms with van der Waals surface area (Å²) in [6.07, 6.45) is 5.12. The number of sulfonamides is 1. The normalized spacial score (nSPS) is 35.5. The van der Waals surface area contributed by atoms with Gasteiger partial charge in [0.05, 0.1) is 36.8 Å². The number of rotatable bonds is 7. The van der Waals surface area contributed by atoms with E-state index in [1.165, 1.54) is 0 Å². The van der Waals surface area contributed by atoms with E-state index < -0.39 is 27.0 Å². The van der Waals surface area contributed by atoms with Crippen LogP contribution in [0, 0.1) is 11.3 Å². The number of hydrogen-bond donors (Lipinski definition) is 2. The number of aliphatic hydroxyl groups is 1. The molecule has 3 aliphatic heterocycles. The average Bonchev–Trinajstić information content (AvgIpc) is 3.75. The Morgan fingerprint density at radius 2 is 1.85 bits per heavy atom. The van der Waals surface area contributed by atoms with Crippen molar-refractivity contribution < 1.29 is 23.1 Å². The van der Waals surface area contributed by atoms with Gasteiger partial charge in [0.1, 0.15) is 5.54 Å². The third kappa shape index (κ3) is 3.38. The zero-order chi connectivity index (χ0) is 23.7. The number of nitrogens with zero attached hydrogens (tertiary/aromatic N) is 2. The summed E-state index contributed by atoms with van der Waals surface area (Å²) < 4.78 is 36.1. The number of ether oxygens (including phenoxy) is 1. The molecule has 0 radical (unpaired) electrons. The molecule has 4 atom stereocenters. The van der Waals surface area contributed by atoms with Crippen molar-refractivity contribution >= 4 is 27.5 Å². The number of morpholine rings is 1. The molecule has 3 saturated heterocycles. The summed E-state index contributed by atoms with van der Waals surface area (Å²) >= 11 is 6.05. The highest BCUT2D eigenvalue weighted by atomic mass is 35.5. The van der Waals surface area contributed by atoms with Crippen molar-refractivity contribution in [3.05, 3.63) is 29.3 Å². The van der Waals surface area contributed by atoms with Crippen molar-refractivity contribution in [1.29, 1.82) is 0 Å². The fourth-order valence-electron chi connectivity index (χ4n) is 6.89. The van der Waals surface area contributed by atoms with Crippen molar-refractivity contribution in [1.82, 2.24) is 14.5 Å². The van der Waals surface area contributed by atoms with Gasteiger partial charge in [-0.2, -0.15) is 4.31 Å². The van der Waals surface area contributed by atoms with Crippen LogP contribution in [0.15, 0.2) is 29.2 Å². The second-order valence-electron chi connectivity index (χ2n) is 10.7. The van der Waals surface area contributed by atoms with E-state index >= 15 is 0 Å². The van der Waals surface area contributed by atoms with Crippen LogP contribution < -0.4 is 5.32 Å². The highest BCUT2D eigenvalue weighted by molar-refractivity contribution is 7.89. The number of fused-ring (bicyclic) bond motifs is 2. The van der Waals surface area contributed by atoms with Crippen molar-refractivity contribution in [2.24, 2.45) is 11.3 Å². The van der Waals surface area contributed by atoms with Gasteiger partial charge in [-0.25, -0.2) is 8.42 Å². The van der Waals surface area contributed by atoms with Crippen LogP contribution in [-0.2, 0) is 19.6 Å². The van der Waals surface area contributed by atoms with E-state index in [9.17, 15) is 18.3 Å². The Bertz CT molecular complexity index is 1070. The van der Waals surface area contributed by atoms with E-state index in [0.29, 0.717) is 31.1 Å². The highest BCUT2D eigenvalue weighted by Gasteiger charge is 2.73. The number of amides is 1.